The molecule has 0 aliphatic rings. The predicted molar refractivity (Wildman–Crippen MR) is 159 cm³/mol. The Kier molecular flexibility index (Phi) is 10.4. The maximum atomic E-state index is 13.6. The number of rotatable bonds is 13. The fourth-order valence-corrected chi connectivity index (χ4v) is 5.30. The molecule has 0 aromatic heterocycles. The van der Waals surface area contributed by atoms with E-state index in [1.54, 1.807) is 42.5 Å². The van der Waals surface area contributed by atoms with Gasteiger partial charge >= 0.3 is 0 Å². The number of amides is 2. The average molecular weight is 608 g/mol. The van der Waals surface area contributed by atoms with Crippen LogP contribution in [0.5, 0.6) is 5.75 Å². The quantitative estimate of drug-likeness (QED) is 0.211. The minimum Gasteiger partial charge on any atom is -0.484 e. The van der Waals surface area contributed by atoms with E-state index in [0.717, 1.165) is 12.1 Å². The molecule has 11 heteroatoms. The van der Waals surface area contributed by atoms with Gasteiger partial charge in [0.1, 0.15) is 23.4 Å². The van der Waals surface area contributed by atoms with Gasteiger partial charge < -0.3 is 15.0 Å². The molecule has 0 fully saturated rings. The number of anilines is 1. The first-order valence-electron chi connectivity index (χ1n) is 13.5. The summed E-state index contributed by atoms with van der Waals surface area (Å²) < 4.78 is 60.3. The second-order valence-electron chi connectivity index (χ2n) is 9.62. The number of halogens is 2. The Balaban J connectivity index is 1.53. The van der Waals surface area contributed by atoms with Gasteiger partial charge in [0.15, 0.2) is 6.61 Å². The van der Waals surface area contributed by atoms with Gasteiger partial charge in [-0.2, -0.15) is 0 Å². The topological polar surface area (TPSA) is 105 Å². The molecule has 224 valence electrons. The van der Waals surface area contributed by atoms with Crippen molar-refractivity contribution in [2.75, 3.05) is 17.9 Å². The van der Waals surface area contributed by atoms with E-state index < -0.39 is 40.2 Å². The highest BCUT2D eigenvalue weighted by Gasteiger charge is 2.31. The van der Waals surface area contributed by atoms with Crippen LogP contribution in [0, 0.1) is 11.6 Å². The van der Waals surface area contributed by atoms with Crippen LogP contribution in [0.15, 0.2) is 108 Å². The summed E-state index contributed by atoms with van der Waals surface area (Å²) in [6.07, 6.45) is 0.702. The minimum atomic E-state index is -3.96. The number of ether oxygens (including phenoxy) is 1. The van der Waals surface area contributed by atoms with Crippen LogP contribution in [0.25, 0.3) is 0 Å². The molecule has 0 unspecified atom stereocenters. The molecule has 0 radical (unpaired) electrons. The van der Waals surface area contributed by atoms with E-state index in [2.05, 4.69) is 10.0 Å². The molecule has 2 amide bonds. The molecule has 8 nitrogen and oxygen atoms in total. The van der Waals surface area contributed by atoms with Crippen LogP contribution in [-0.2, 0) is 26.2 Å². The van der Waals surface area contributed by atoms with Gasteiger partial charge in [0.25, 0.3) is 15.9 Å². The third kappa shape index (κ3) is 8.62. The van der Waals surface area contributed by atoms with Gasteiger partial charge in [0.2, 0.25) is 5.91 Å². The van der Waals surface area contributed by atoms with Crippen LogP contribution in [0.3, 0.4) is 0 Å². The number of hydrogen-bond acceptors (Lipinski definition) is 5. The first kappa shape index (κ1) is 31.2. The van der Waals surface area contributed by atoms with Crippen molar-refractivity contribution in [3.8, 4) is 5.75 Å². The number of hydrogen-bond donors (Lipinski definition) is 2. The highest BCUT2D eigenvalue weighted by atomic mass is 32.2. The molecule has 0 saturated carbocycles. The summed E-state index contributed by atoms with van der Waals surface area (Å²) in [7, 11) is -3.96. The van der Waals surface area contributed by atoms with E-state index in [1.807, 2.05) is 6.92 Å². The second-order valence-corrected chi connectivity index (χ2v) is 11.3. The summed E-state index contributed by atoms with van der Waals surface area (Å²) in [6, 6.07) is 23.8. The Morgan fingerprint density at radius 2 is 1.44 bits per heavy atom. The lowest BCUT2D eigenvalue weighted by molar-refractivity contribution is -0.143. The van der Waals surface area contributed by atoms with Crippen molar-refractivity contribution < 1.29 is 31.5 Å². The molecule has 0 aliphatic heterocycles. The molecule has 0 saturated heterocycles. The van der Waals surface area contributed by atoms with Gasteiger partial charge in [-0.1, -0.05) is 49.4 Å². The Morgan fingerprint density at radius 3 is 2.05 bits per heavy atom. The third-order valence-corrected chi connectivity index (χ3v) is 7.80. The zero-order chi connectivity index (χ0) is 30.8. The molecular formula is C32H31F2N3O5S. The van der Waals surface area contributed by atoms with E-state index in [-0.39, 0.29) is 28.8 Å². The molecule has 0 bridgehead atoms. The van der Waals surface area contributed by atoms with E-state index in [9.17, 15) is 26.8 Å². The van der Waals surface area contributed by atoms with Crippen LogP contribution in [-0.4, -0.2) is 38.3 Å². The monoisotopic (exact) mass is 607 g/mol. The smallest absolute Gasteiger partial charge is 0.261 e. The molecule has 0 aliphatic carbocycles. The third-order valence-electron chi connectivity index (χ3n) is 6.40. The lowest BCUT2D eigenvalue weighted by atomic mass is 10.0. The first-order valence-corrected chi connectivity index (χ1v) is 15.0. The van der Waals surface area contributed by atoms with Gasteiger partial charge in [-0.25, -0.2) is 17.2 Å². The summed E-state index contributed by atoms with van der Waals surface area (Å²) in [5, 5.41) is 2.86. The summed E-state index contributed by atoms with van der Waals surface area (Å²) in [5.74, 6) is -1.58. The van der Waals surface area contributed by atoms with Crippen molar-refractivity contribution in [2.24, 2.45) is 0 Å². The van der Waals surface area contributed by atoms with Crippen molar-refractivity contribution in [1.29, 1.82) is 0 Å². The number of benzene rings is 4. The Labute approximate surface area is 249 Å². The molecule has 4 rings (SSSR count). The van der Waals surface area contributed by atoms with Crippen LogP contribution >= 0.6 is 0 Å². The van der Waals surface area contributed by atoms with Gasteiger partial charge in [-0.05, 0) is 78.2 Å². The van der Waals surface area contributed by atoms with Crippen LogP contribution in [0.1, 0.15) is 30.5 Å². The molecule has 0 heterocycles. The summed E-state index contributed by atoms with van der Waals surface area (Å²) in [6.45, 7) is 1.89. The van der Waals surface area contributed by atoms with Gasteiger partial charge in [0.05, 0.1) is 4.90 Å². The SMILES string of the molecule is CCCNC(=O)[C@H](c1ccccc1)N(Cc1ccc(F)cc1)C(=O)COc1ccc(S(=O)(=O)Nc2ccc(F)cc2)cc1. The zero-order valence-corrected chi connectivity index (χ0v) is 24.2. The lowest BCUT2D eigenvalue weighted by Gasteiger charge is -2.31. The first-order chi connectivity index (χ1) is 20.7. The largest absolute Gasteiger partial charge is 0.484 e. The zero-order valence-electron chi connectivity index (χ0n) is 23.4. The Bertz CT molecular complexity index is 1620. The maximum Gasteiger partial charge on any atom is 0.261 e. The number of carbonyl (C=O) groups is 2. The highest BCUT2D eigenvalue weighted by Crippen LogP contribution is 2.25. The summed E-state index contributed by atoms with van der Waals surface area (Å²) in [4.78, 5) is 28.3. The van der Waals surface area contributed by atoms with Crippen LogP contribution in [0.4, 0.5) is 14.5 Å². The summed E-state index contributed by atoms with van der Waals surface area (Å²) in [5.41, 5.74) is 1.40. The normalized spacial score (nSPS) is 11.8. The fourth-order valence-electron chi connectivity index (χ4n) is 4.24. The molecule has 2 N–H and O–H groups in total. The molecule has 0 spiro atoms. The van der Waals surface area contributed by atoms with E-state index in [0.29, 0.717) is 24.1 Å². The van der Waals surface area contributed by atoms with Gasteiger partial charge in [0, 0.05) is 18.8 Å². The highest BCUT2D eigenvalue weighted by molar-refractivity contribution is 7.92. The van der Waals surface area contributed by atoms with Crippen LogP contribution in [0.2, 0.25) is 0 Å². The predicted octanol–water partition coefficient (Wildman–Crippen LogP) is 5.44. The number of nitrogens with zero attached hydrogens (tertiary/aromatic N) is 1. The molecule has 43 heavy (non-hydrogen) atoms. The number of nitrogens with one attached hydrogen (secondary N) is 2. The Morgan fingerprint density at radius 1 is 0.837 bits per heavy atom. The van der Waals surface area contributed by atoms with Crippen molar-refractivity contribution in [3.63, 3.8) is 0 Å². The maximum absolute atomic E-state index is 13.6. The van der Waals surface area contributed by atoms with Gasteiger partial charge in [-0.15, -0.1) is 0 Å². The average Bonchev–Trinajstić information content (AvgIpc) is 3.01. The Hall–Kier alpha value is -4.77. The van der Waals surface area contributed by atoms with Gasteiger partial charge in [-0.3, -0.25) is 14.3 Å². The number of sulfonamides is 1. The standard InChI is InChI=1S/C32H31F2N3O5S/c1-2-20-35-32(39)31(24-6-4-3-5-7-24)37(21-23-8-10-25(33)11-9-23)30(38)22-42-28-16-18-29(19-17-28)43(40,41)36-27-14-12-26(34)13-15-27/h3-19,31,36H,2,20-22H2,1H3,(H,35,39)/t31-/m0/s1. The van der Waals surface area contributed by atoms with Crippen molar-refractivity contribution in [1.82, 2.24) is 10.2 Å². The van der Waals surface area contributed by atoms with Crippen molar-refractivity contribution in [2.45, 2.75) is 30.8 Å². The van der Waals surface area contributed by atoms with E-state index in [1.165, 1.54) is 53.4 Å². The lowest BCUT2D eigenvalue weighted by Crippen LogP contribution is -2.45. The van der Waals surface area contributed by atoms with E-state index >= 15 is 0 Å². The molecular weight excluding hydrogens is 576 g/mol. The van der Waals surface area contributed by atoms with E-state index in [4.69, 9.17) is 4.74 Å². The fraction of sp³-hybridized carbons (Fsp3) is 0.188. The minimum absolute atomic E-state index is 0.00775. The number of carbonyl (C=O) groups excluding carboxylic acids is 2. The molecule has 4 aromatic carbocycles. The summed E-state index contributed by atoms with van der Waals surface area (Å²) >= 11 is 0. The van der Waals surface area contributed by atoms with Crippen molar-refractivity contribution >= 4 is 27.5 Å². The molecule has 4 aromatic rings. The second kappa shape index (κ2) is 14.4. The molecule has 1 atom stereocenters. The van der Waals surface area contributed by atoms with Crippen LogP contribution < -0.4 is 14.8 Å². The van der Waals surface area contributed by atoms with Crippen molar-refractivity contribution in [3.05, 3.63) is 126 Å².